The molecule has 4 aliphatic carbocycles. The molecule has 2 saturated heterocycles. The summed E-state index contributed by atoms with van der Waals surface area (Å²) in [5.41, 5.74) is 2.70. The van der Waals surface area contributed by atoms with Crippen molar-refractivity contribution in [3.05, 3.63) is 47.5 Å². The normalized spacial score (nSPS) is 43.0. The molecule has 0 N–H and O–H groups in total. The zero-order valence-electron chi connectivity index (χ0n) is 34.4. The van der Waals surface area contributed by atoms with Crippen LogP contribution in [0.5, 0.6) is 0 Å². The lowest BCUT2D eigenvalue weighted by atomic mass is 9.34. The summed E-state index contributed by atoms with van der Waals surface area (Å²) in [6.45, 7) is 26.5. The monoisotopic (exact) mass is 717 g/mol. The molecular formula is C47H72O5. The Kier molecular flexibility index (Phi) is 10.5. The fraction of sp³-hybridized carbons (Fsp3) is 0.809. The molecule has 0 spiro atoms. The molecule has 11 atom stereocenters. The Morgan fingerprint density at radius 2 is 1.65 bits per heavy atom. The summed E-state index contributed by atoms with van der Waals surface area (Å²) in [5, 5.41) is 0. The van der Waals surface area contributed by atoms with Crippen LogP contribution >= 0.6 is 0 Å². The number of rotatable bonds is 10. The van der Waals surface area contributed by atoms with Gasteiger partial charge < -0.3 is 18.9 Å². The van der Waals surface area contributed by atoms with Crippen molar-refractivity contribution in [1.29, 1.82) is 0 Å². The topological polar surface area (TPSA) is 54.0 Å². The van der Waals surface area contributed by atoms with Gasteiger partial charge in [-0.1, -0.05) is 111 Å². The fourth-order valence-corrected chi connectivity index (χ4v) is 14.2. The number of esters is 1. The number of allylic oxidation sites excluding steroid dienone is 1. The van der Waals surface area contributed by atoms with E-state index in [1.54, 1.807) is 5.57 Å². The predicted octanol–water partition coefficient (Wildman–Crippen LogP) is 10.9. The minimum atomic E-state index is -0.198. The molecule has 0 radical (unpaired) electrons. The second-order valence-corrected chi connectivity index (χ2v) is 20.4. The summed E-state index contributed by atoms with van der Waals surface area (Å²) < 4.78 is 26.2. The molecule has 290 valence electrons. The molecule has 7 rings (SSSR count). The number of fused-ring (bicyclic) bond motifs is 3. The average Bonchev–Trinajstić information content (AvgIpc) is 3.11. The molecule has 1 aromatic rings. The number of ether oxygens (including phenoxy) is 4. The van der Waals surface area contributed by atoms with Gasteiger partial charge in [0.1, 0.15) is 6.61 Å². The molecular weight excluding hydrogens is 645 g/mol. The summed E-state index contributed by atoms with van der Waals surface area (Å²) in [6, 6.07) is 10.2. The van der Waals surface area contributed by atoms with Crippen molar-refractivity contribution >= 4 is 5.97 Å². The number of carbonyl (C=O) groups excluding carboxylic acids is 1. The van der Waals surface area contributed by atoms with Crippen LogP contribution in [0.25, 0.3) is 0 Å². The SMILES string of the molecule is CCCC1(CO[C@H]2[C@H](C)C[C@@]34COC[C@@]2(C)[C@@H]3CC[C@H]2C4=CC[C@@]3(C)[C@H](C(=O)OCc4ccccc4)[C@@](C)([C@H](C)C(C)C)CC[C@]23C)CCOCC1. The van der Waals surface area contributed by atoms with Crippen LogP contribution in [0, 0.1) is 68.0 Å². The first kappa shape index (κ1) is 38.6. The second-order valence-electron chi connectivity index (χ2n) is 20.4. The van der Waals surface area contributed by atoms with Gasteiger partial charge in [0.2, 0.25) is 0 Å². The van der Waals surface area contributed by atoms with E-state index in [0.717, 1.165) is 77.1 Å². The van der Waals surface area contributed by atoms with E-state index in [1.165, 1.54) is 25.7 Å². The Bertz CT molecular complexity index is 1460. The summed E-state index contributed by atoms with van der Waals surface area (Å²) >= 11 is 0. The van der Waals surface area contributed by atoms with Crippen molar-refractivity contribution in [2.24, 2.45) is 68.0 Å². The molecule has 52 heavy (non-hydrogen) atoms. The molecule has 0 unspecified atom stereocenters. The lowest BCUT2D eigenvalue weighted by Crippen LogP contribution is -2.69. The van der Waals surface area contributed by atoms with Gasteiger partial charge in [0.25, 0.3) is 0 Å². The van der Waals surface area contributed by atoms with E-state index in [4.69, 9.17) is 18.9 Å². The van der Waals surface area contributed by atoms with Gasteiger partial charge in [-0.15, -0.1) is 0 Å². The first-order valence-electron chi connectivity index (χ1n) is 21.4. The van der Waals surface area contributed by atoms with Crippen LogP contribution in [0.1, 0.15) is 132 Å². The Labute approximate surface area is 316 Å². The predicted molar refractivity (Wildman–Crippen MR) is 208 cm³/mol. The van der Waals surface area contributed by atoms with Crippen molar-refractivity contribution in [1.82, 2.24) is 0 Å². The first-order chi connectivity index (χ1) is 24.7. The van der Waals surface area contributed by atoms with Crippen molar-refractivity contribution < 1.29 is 23.7 Å². The van der Waals surface area contributed by atoms with Crippen LogP contribution in [0.4, 0.5) is 0 Å². The number of hydrogen-bond donors (Lipinski definition) is 0. The van der Waals surface area contributed by atoms with Gasteiger partial charge in [0.15, 0.2) is 0 Å². The Morgan fingerprint density at radius 1 is 0.923 bits per heavy atom. The summed E-state index contributed by atoms with van der Waals surface area (Å²) in [4.78, 5) is 14.8. The van der Waals surface area contributed by atoms with Gasteiger partial charge in [-0.2, -0.15) is 0 Å². The Hall–Kier alpha value is -1.69. The second kappa shape index (κ2) is 14.1. The Morgan fingerprint density at radius 3 is 2.35 bits per heavy atom. The smallest absolute Gasteiger partial charge is 0.310 e. The third-order valence-corrected chi connectivity index (χ3v) is 17.5. The lowest BCUT2D eigenvalue weighted by molar-refractivity contribution is -0.256. The van der Waals surface area contributed by atoms with Crippen molar-refractivity contribution in [2.75, 3.05) is 33.0 Å². The molecule has 2 aliphatic heterocycles. The minimum Gasteiger partial charge on any atom is -0.461 e. The zero-order valence-corrected chi connectivity index (χ0v) is 34.4. The standard InChI is InChI=1S/C47H72O5/c1-10-19-46(23-25-49-26-24-46)30-52-40-33(4)27-47-31-50-29-43(40,7)38(47)17-16-36-37(47)18-20-45(9)39(41(48)51-28-35-14-12-11-13-15-35)42(6,34(5)32(2)3)21-22-44(36,45)8/h11-15,18,32-34,36,38-40H,10,16-17,19-31H2,1-9H3/t33-,34-,36+,38+,39-,40+,42-,43+,44-,45+,47+/m1/s1. The first-order valence-corrected chi connectivity index (χ1v) is 21.4. The molecule has 0 aromatic heterocycles. The molecule has 5 fully saturated rings. The lowest BCUT2D eigenvalue weighted by Gasteiger charge is -2.71. The maximum absolute atomic E-state index is 14.8. The quantitative estimate of drug-likeness (QED) is 0.178. The van der Waals surface area contributed by atoms with Crippen LogP contribution in [0.3, 0.4) is 0 Å². The summed E-state index contributed by atoms with van der Waals surface area (Å²) in [6.07, 6.45) is 14.2. The van der Waals surface area contributed by atoms with E-state index >= 15 is 0 Å². The zero-order chi connectivity index (χ0) is 37.2. The third kappa shape index (κ3) is 5.91. The van der Waals surface area contributed by atoms with E-state index < -0.39 is 0 Å². The molecule has 5 nitrogen and oxygen atoms in total. The van der Waals surface area contributed by atoms with E-state index in [0.29, 0.717) is 36.2 Å². The van der Waals surface area contributed by atoms with Gasteiger partial charge in [-0.25, -0.2) is 0 Å². The van der Waals surface area contributed by atoms with Gasteiger partial charge in [0.05, 0.1) is 31.8 Å². The fourth-order valence-electron chi connectivity index (χ4n) is 14.2. The maximum Gasteiger partial charge on any atom is 0.310 e. The van der Waals surface area contributed by atoms with E-state index in [9.17, 15) is 4.79 Å². The molecule has 6 aliphatic rings. The molecule has 2 heterocycles. The van der Waals surface area contributed by atoms with E-state index in [1.807, 2.05) is 18.2 Å². The van der Waals surface area contributed by atoms with Crippen molar-refractivity contribution in [3.63, 3.8) is 0 Å². The highest BCUT2D eigenvalue weighted by Gasteiger charge is 2.71. The highest BCUT2D eigenvalue weighted by atomic mass is 16.5. The van der Waals surface area contributed by atoms with Gasteiger partial charge in [0, 0.05) is 24.0 Å². The highest BCUT2D eigenvalue weighted by Crippen LogP contribution is 2.75. The van der Waals surface area contributed by atoms with Gasteiger partial charge in [-0.3, -0.25) is 4.79 Å². The average molecular weight is 717 g/mol. The molecule has 3 saturated carbocycles. The Balaban J connectivity index is 1.21. The van der Waals surface area contributed by atoms with Crippen LogP contribution in [-0.4, -0.2) is 45.1 Å². The molecule has 0 amide bonds. The van der Waals surface area contributed by atoms with Gasteiger partial charge >= 0.3 is 5.97 Å². The van der Waals surface area contributed by atoms with Gasteiger partial charge in [-0.05, 0) is 115 Å². The third-order valence-electron chi connectivity index (χ3n) is 17.5. The maximum atomic E-state index is 14.8. The molecule has 5 heteroatoms. The number of hydrogen-bond acceptors (Lipinski definition) is 5. The largest absolute Gasteiger partial charge is 0.461 e. The molecule has 2 bridgehead atoms. The number of carbonyl (C=O) groups is 1. The summed E-state index contributed by atoms with van der Waals surface area (Å²) in [5.74, 6) is 2.23. The van der Waals surface area contributed by atoms with Crippen LogP contribution < -0.4 is 0 Å². The van der Waals surface area contributed by atoms with Crippen LogP contribution in [-0.2, 0) is 30.3 Å². The highest BCUT2D eigenvalue weighted by molar-refractivity contribution is 5.75. The van der Waals surface area contributed by atoms with Crippen LogP contribution in [0.15, 0.2) is 42.0 Å². The minimum absolute atomic E-state index is 0.00344. The van der Waals surface area contributed by atoms with E-state index in [2.05, 4.69) is 80.5 Å². The van der Waals surface area contributed by atoms with E-state index in [-0.39, 0.29) is 50.5 Å². The summed E-state index contributed by atoms with van der Waals surface area (Å²) in [7, 11) is 0. The van der Waals surface area contributed by atoms with Crippen molar-refractivity contribution in [2.45, 2.75) is 139 Å². The van der Waals surface area contributed by atoms with Crippen LogP contribution in [0.2, 0.25) is 0 Å². The van der Waals surface area contributed by atoms with Crippen molar-refractivity contribution in [3.8, 4) is 0 Å². The number of benzene rings is 1. The molecule has 1 aromatic carbocycles.